The Balaban J connectivity index is 1.53. The molecule has 1 aromatic carbocycles. The second-order valence-corrected chi connectivity index (χ2v) is 6.04. The van der Waals surface area contributed by atoms with Gasteiger partial charge in [-0.3, -0.25) is 9.69 Å². The van der Waals surface area contributed by atoms with Gasteiger partial charge in [0.25, 0.3) is 0 Å². The van der Waals surface area contributed by atoms with Crippen LogP contribution >= 0.6 is 0 Å². The van der Waals surface area contributed by atoms with E-state index in [-0.39, 0.29) is 5.91 Å². The van der Waals surface area contributed by atoms with Crippen LogP contribution in [-0.4, -0.2) is 54.1 Å². The zero-order chi connectivity index (χ0) is 17.6. The first-order chi connectivity index (χ1) is 12.1. The third-order valence-electron chi connectivity index (χ3n) is 4.16. The van der Waals surface area contributed by atoms with E-state index in [9.17, 15) is 4.79 Å². The van der Waals surface area contributed by atoms with Gasteiger partial charge in [0.2, 0.25) is 17.7 Å². The minimum Gasteiger partial charge on any atom is -0.481 e. The zero-order valence-electron chi connectivity index (χ0n) is 14.6. The van der Waals surface area contributed by atoms with Crippen LogP contribution in [0.15, 0.2) is 36.5 Å². The highest BCUT2D eigenvalue weighted by Crippen LogP contribution is 2.16. The van der Waals surface area contributed by atoms with Crippen molar-refractivity contribution >= 4 is 17.5 Å². The molecule has 0 atom stereocenters. The molecule has 1 fully saturated rings. The largest absolute Gasteiger partial charge is 0.481 e. The first kappa shape index (κ1) is 17.2. The lowest BCUT2D eigenvalue weighted by Crippen LogP contribution is -2.46. The standard InChI is InChI=1S/C18H23N5O2/c1-14(24)20-16-5-3-15(4-6-16)13-22-9-11-23(12-10-22)18-19-8-7-17(21-18)25-2/h3-8H,9-13H2,1-2H3,(H,20,24). The molecule has 7 heteroatoms. The van der Waals surface area contributed by atoms with Gasteiger partial charge < -0.3 is 15.0 Å². The summed E-state index contributed by atoms with van der Waals surface area (Å²) in [6.45, 7) is 6.09. The molecule has 1 saturated heterocycles. The Hall–Kier alpha value is -2.67. The van der Waals surface area contributed by atoms with Crippen LogP contribution in [0.4, 0.5) is 11.6 Å². The lowest BCUT2D eigenvalue weighted by atomic mass is 10.2. The number of rotatable bonds is 5. The van der Waals surface area contributed by atoms with Gasteiger partial charge in [0.1, 0.15) is 0 Å². The fourth-order valence-corrected chi connectivity index (χ4v) is 2.86. The number of carbonyl (C=O) groups is 1. The van der Waals surface area contributed by atoms with E-state index in [0.29, 0.717) is 5.88 Å². The molecule has 0 unspecified atom stereocenters. The second-order valence-electron chi connectivity index (χ2n) is 6.04. The second kappa shape index (κ2) is 7.94. The highest BCUT2D eigenvalue weighted by Gasteiger charge is 2.19. The molecular formula is C18H23N5O2. The van der Waals surface area contributed by atoms with Crippen LogP contribution in [0, 0.1) is 0 Å². The molecule has 2 aromatic rings. The molecule has 0 bridgehead atoms. The summed E-state index contributed by atoms with van der Waals surface area (Å²) >= 11 is 0. The molecule has 0 saturated carbocycles. The van der Waals surface area contributed by atoms with Crippen LogP contribution in [-0.2, 0) is 11.3 Å². The SMILES string of the molecule is COc1ccnc(N2CCN(Cc3ccc(NC(C)=O)cc3)CC2)n1. The van der Waals surface area contributed by atoms with E-state index in [2.05, 4.69) is 37.2 Å². The summed E-state index contributed by atoms with van der Waals surface area (Å²) in [7, 11) is 1.61. The van der Waals surface area contributed by atoms with Crippen molar-refractivity contribution in [1.29, 1.82) is 0 Å². The number of anilines is 2. The van der Waals surface area contributed by atoms with E-state index in [1.807, 2.05) is 12.1 Å². The number of amides is 1. The van der Waals surface area contributed by atoms with Gasteiger partial charge in [-0.15, -0.1) is 0 Å². The van der Waals surface area contributed by atoms with Gasteiger partial charge in [-0.1, -0.05) is 12.1 Å². The topological polar surface area (TPSA) is 70.6 Å². The first-order valence-electron chi connectivity index (χ1n) is 8.35. The van der Waals surface area contributed by atoms with Crippen molar-refractivity contribution in [3.8, 4) is 5.88 Å². The number of benzene rings is 1. The lowest BCUT2D eigenvalue weighted by molar-refractivity contribution is -0.114. The van der Waals surface area contributed by atoms with E-state index >= 15 is 0 Å². The van der Waals surface area contributed by atoms with Crippen LogP contribution in [0.2, 0.25) is 0 Å². The average Bonchev–Trinajstić information content (AvgIpc) is 2.63. The summed E-state index contributed by atoms with van der Waals surface area (Å²) in [6.07, 6.45) is 1.73. The van der Waals surface area contributed by atoms with Gasteiger partial charge in [0, 0.05) is 57.6 Å². The number of methoxy groups -OCH3 is 1. The summed E-state index contributed by atoms with van der Waals surface area (Å²) < 4.78 is 5.17. The van der Waals surface area contributed by atoms with Gasteiger partial charge in [-0.05, 0) is 17.7 Å². The monoisotopic (exact) mass is 341 g/mol. The summed E-state index contributed by atoms with van der Waals surface area (Å²) in [5.74, 6) is 1.26. The molecule has 1 aromatic heterocycles. The van der Waals surface area contributed by atoms with Gasteiger partial charge in [-0.2, -0.15) is 4.98 Å². The number of hydrogen-bond donors (Lipinski definition) is 1. The Kier molecular flexibility index (Phi) is 5.45. The minimum absolute atomic E-state index is 0.0522. The predicted molar refractivity (Wildman–Crippen MR) is 96.8 cm³/mol. The van der Waals surface area contributed by atoms with E-state index < -0.39 is 0 Å². The van der Waals surface area contributed by atoms with Crippen molar-refractivity contribution in [3.63, 3.8) is 0 Å². The molecule has 25 heavy (non-hydrogen) atoms. The zero-order valence-corrected chi connectivity index (χ0v) is 14.6. The average molecular weight is 341 g/mol. The number of hydrogen-bond acceptors (Lipinski definition) is 6. The number of piperazine rings is 1. The fourth-order valence-electron chi connectivity index (χ4n) is 2.86. The Morgan fingerprint density at radius 2 is 1.88 bits per heavy atom. The number of carbonyl (C=O) groups excluding carboxylic acids is 1. The molecule has 1 aliphatic rings. The first-order valence-corrected chi connectivity index (χ1v) is 8.35. The van der Waals surface area contributed by atoms with Crippen molar-refractivity contribution in [2.75, 3.05) is 43.5 Å². The molecule has 3 rings (SSSR count). The molecule has 1 aliphatic heterocycles. The Morgan fingerprint density at radius 3 is 2.52 bits per heavy atom. The van der Waals surface area contributed by atoms with E-state index in [1.165, 1.54) is 12.5 Å². The highest BCUT2D eigenvalue weighted by molar-refractivity contribution is 5.88. The quantitative estimate of drug-likeness (QED) is 0.894. The van der Waals surface area contributed by atoms with E-state index in [0.717, 1.165) is 44.4 Å². The molecule has 7 nitrogen and oxygen atoms in total. The van der Waals surface area contributed by atoms with Crippen molar-refractivity contribution in [2.24, 2.45) is 0 Å². The number of nitrogens with zero attached hydrogens (tertiary/aromatic N) is 4. The van der Waals surface area contributed by atoms with Crippen molar-refractivity contribution in [1.82, 2.24) is 14.9 Å². The molecule has 1 amide bonds. The molecule has 2 heterocycles. The van der Waals surface area contributed by atoms with Gasteiger partial charge in [0.15, 0.2) is 0 Å². The van der Waals surface area contributed by atoms with Crippen LogP contribution in [0.25, 0.3) is 0 Å². The fraction of sp³-hybridized carbons (Fsp3) is 0.389. The Bertz CT molecular complexity index is 712. The van der Waals surface area contributed by atoms with Crippen LogP contribution in [0.1, 0.15) is 12.5 Å². The van der Waals surface area contributed by atoms with Gasteiger partial charge in [-0.25, -0.2) is 4.98 Å². The van der Waals surface area contributed by atoms with Crippen LogP contribution < -0.4 is 15.0 Å². The van der Waals surface area contributed by atoms with E-state index in [1.54, 1.807) is 19.4 Å². The lowest BCUT2D eigenvalue weighted by Gasteiger charge is -2.34. The van der Waals surface area contributed by atoms with Crippen LogP contribution in [0.5, 0.6) is 5.88 Å². The van der Waals surface area contributed by atoms with Crippen molar-refractivity contribution in [2.45, 2.75) is 13.5 Å². The summed E-state index contributed by atoms with van der Waals surface area (Å²) in [4.78, 5) is 24.4. The summed E-state index contributed by atoms with van der Waals surface area (Å²) in [5.41, 5.74) is 2.07. The number of ether oxygens (including phenoxy) is 1. The maximum atomic E-state index is 11.1. The third-order valence-corrected chi connectivity index (χ3v) is 4.16. The van der Waals surface area contributed by atoms with Gasteiger partial charge >= 0.3 is 0 Å². The molecule has 1 N–H and O–H groups in total. The van der Waals surface area contributed by atoms with Crippen molar-refractivity contribution < 1.29 is 9.53 Å². The molecular weight excluding hydrogens is 318 g/mol. The van der Waals surface area contributed by atoms with Crippen molar-refractivity contribution in [3.05, 3.63) is 42.1 Å². The third kappa shape index (κ3) is 4.67. The number of aromatic nitrogens is 2. The Labute approximate surface area is 147 Å². The van der Waals surface area contributed by atoms with Gasteiger partial charge in [0.05, 0.1) is 7.11 Å². The number of nitrogens with one attached hydrogen (secondary N) is 1. The molecule has 0 radical (unpaired) electrons. The molecule has 0 spiro atoms. The molecule has 132 valence electrons. The Morgan fingerprint density at radius 1 is 1.16 bits per heavy atom. The van der Waals surface area contributed by atoms with E-state index in [4.69, 9.17) is 4.74 Å². The minimum atomic E-state index is -0.0522. The highest BCUT2D eigenvalue weighted by atomic mass is 16.5. The normalized spacial score (nSPS) is 15.0. The maximum absolute atomic E-state index is 11.1. The summed E-state index contributed by atoms with van der Waals surface area (Å²) in [6, 6.07) is 9.75. The smallest absolute Gasteiger partial charge is 0.228 e. The van der Waals surface area contributed by atoms with Crippen LogP contribution in [0.3, 0.4) is 0 Å². The molecule has 0 aliphatic carbocycles. The summed E-state index contributed by atoms with van der Waals surface area (Å²) in [5, 5.41) is 2.79. The maximum Gasteiger partial charge on any atom is 0.228 e. The predicted octanol–water partition coefficient (Wildman–Crippen LogP) is 1.77.